The highest BCUT2D eigenvalue weighted by Gasteiger charge is 2.29. The molecule has 0 spiro atoms. The van der Waals surface area contributed by atoms with Gasteiger partial charge >= 0.3 is 0 Å². The van der Waals surface area contributed by atoms with Crippen LogP contribution in [0.15, 0.2) is 18.2 Å². The number of piperidine rings is 1. The molecule has 0 radical (unpaired) electrons. The maximum atomic E-state index is 13.7. The van der Waals surface area contributed by atoms with E-state index in [1.807, 2.05) is 6.92 Å². The van der Waals surface area contributed by atoms with Crippen LogP contribution in [-0.4, -0.2) is 42.2 Å². The van der Waals surface area contributed by atoms with Crippen molar-refractivity contribution in [2.75, 3.05) is 20.3 Å². The molecule has 1 amide bonds. The second-order valence-electron chi connectivity index (χ2n) is 5.28. The molecular weight excluding hydrogens is 261 g/mol. The van der Waals surface area contributed by atoms with E-state index in [0.717, 1.165) is 12.8 Å². The fraction of sp³-hybridized carbons (Fsp3) is 0.533. The highest BCUT2D eigenvalue weighted by atomic mass is 19.1. The number of likely N-dealkylation sites (tertiary alicyclic amines) is 1. The molecule has 1 N–H and O–H groups in total. The van der Waals surface area contributed by atoms with Gasteiger partial charge in [0.05, 0.1) is 7.11 Å². The van der Waals surface area contributed by atoms with Crippen LogP contribution in [0, 0.1) is 11.7 Å². The van der Waals surface area contributed by atoms with E-state index in [1.54, 1.807) is 11.0 Å². The van der Waals surface area contributed by atoms with Crippen LogP contribution in [0.5, 0.6) is 5.75 Å². The summed E-state index contributed by atoms with van der Waals surface area (Å²) in [6.07, 6.45) is 1.77. The van der Waals surface area contributed by atoms with Crippen LogP contribution >= 0.6 is 0 Å². The SMILES string of the molecule is COc1ccc(C(=O)N2CC(CO)CCC2C)cc1F. The average Bonchev–Trinajstić information content (AvgIpc) is 2.47. The third kappa shape index (κ3) is 2.93. The van der Waals surface area contributed by atoms with Gasteiger partial charge in [0.1, 0.15) is 0 Å². The van der Waals surface area contributed by atoms with Crippen molar-refractivity contribution in [3.63, 3.8) is 0 Å². The number of rotatable bonds is 3. The summed E-state index contributed by atoms with van der Waals surface area (Å²) >= 11 is 0. The molecule has 5 heteroatoms. The number of hydrogen-bond acceptors (Lipinski definition) is 3. The van der Waals surface area contributed by atoms with E-state index in [2.05, 4.69) is 0 Å². The standard InChI is InChI=1S/C15H20FNO3/c1-10-3-4-11(9-18)8-17(10)15(19)12-5-6-14(20-2)13(16)7-12/h5-7,10-11,18H,3-4,8-9H2,1-2H3. The normalized spacial score (nSPS) is 22.7. The molecule has 0 aliphatic carbocycles. The molecular formula is C15H20FNO3. The number of hydrogen-bond donors (Lipinski definition) is 1. The summed E-state index contributed by atoms with van der Waals surface area (Å²) in [5.41, 5.74) is 0.314. The van der Waals surface area contributed by atoms with Gasteiger partial charge in [-0.3, -0.25) is 4.79 Å². The van der Waals surface area contributed by atoms with E-state index < -0.39 is 5.82 Å². The summed E-state index contributed by atoms with van der Waals surface area (Å²) in [5.74, 6) is -0.501. The highest BCUT2D eigenvalue weighted by Crippen LogP contribution is 2.25. The number of halogens is 1. The molecule has 0 bridgehead atoms. The molecule has 2 atom stereocenters. The Kier molecular flexibility index (Phi) is 4.60. The van der Waals surface area contributed by atoms with Crippen LogP contribution in [0.25, 0.3) is 0 Å². The monoisotopic (exact) mass is 281 g/mol. The summed E-state index contributed by atoms with van der Waals surface area (Å²) in [6.45, 7) is 2.57. The first-order valence-electron chi connectivity index (χ1n) is 6.82. The summed E-state index contributed by atoms with van der Waals surface area (Å²) in [4.78, 5) is 14.2. The minimum atomic E-state index is -0.540. The molecule has 1 aliphatic heterocycles. The van der Waals surface area contributed by atoms with E-state index in [9.17, 15) is 14.3 Å². The van der Waals surface area contributed by atoms with Gasteiger partial charge in [-0.05, 0) is 43.9 Å². The summed E-state index contributed by atoms with van der Waals surface area (Å²) in [7, 11) is 1.39. The van der Waals surface area contributed by atoms with Crippen LogP contribution in [0.3, 0.4) is 0 Å². The Hall–Kier alpha value is -1.62. The number of nitrogens with zero attached hydrogens (tertiary/aromatic N) is 1. The van der Waals surface area contributed by atoms with Gasteiger partial charge in [-0.1, -0.05) is 0 Å². The third-order valence-corrected chi connectivity index (χ3v) is 3.90. The Balaban J connectivity index is 2.19. The predicted octanol–water partition coefficient (Wildman–Crippen LogP) is 2.07. The number of benzene rings is 1. The van der Waals surface area contributed by atoms with E-state index in [0.29, 0.717) is 12.1 Å². The highest BCUT2D eigenvalue weighted by molar-refractivity contribution is 5.94. The number of carbonyl (C=O) groups is 1. The van der Waals surface area contributed by atoms with Crippen molar-refractivity contribution in [2.24, 2.45) is 5.92 Å². The van der Waals surface area contributed by atoms with Crippen LogP contribution in [-0.2, 0) is 0 Å². The number of aliphatic hydroxyl groups excluding tert-OH is 1. The number of ether oxygens (including phenoxy) is 1. The lowest BCUT2D eigenvalue weighted by molar-refractivity contribution is 0.0488. The molecule has 1 aromatic carbocycles. The maximum absolute atomic E-state index is 13.7. The Morgan fingerprint density at radius 2 is 2.25 bits per heavy atom. The molecule has 110 valence electrons. The molecule has 4 nitrogen and oxygen atoms in total. The van der Waals surface area contributed by atoms with Gasteiger partial charge in [0.15, 0.2) is 11.6 Å². The Labute approximate surface area is 118 Å². The molecule has 1 aliphatic rings. The zero-order valence-corrected chi connectivity index (χ0v) is 11.8. The van der Waals surface area contributed by atoms with Crippen molar-refractivity contribution in [3.05, 3.63) is 29.6 Å². The molecule has 2 rings (SSSR count). The van der Waals surface area contributed by atoms with E-state index in [4.69, 9.17) is 4.74 Å². The predicted molar refractivity (Wildman–Crippen MR) is 73.3 cm³/mol. The van der Waals surface area contributed by atoms with Gasteiger partial charge < -0.3 is 14.7 Å². The lowest BCUT2D eigenvalue weighted by Crippen LogP contribution is -2.46. The molecule has 0 aromatic heterocycles. The van der Waals surface area contributed by atoms with Crippen molar-refractivity contribution in [3.8, 4) is 5.75 Å². The van der Waals surface area contributed by atoms with Crippen LogP contribution < -0.4 is 4.74 Å². The van der Waals surface area contributed by atoms with Crippen molar-refractivity contribution in [2.45, 2.75) is 25.8 Å². The number of amides is 1. The lowest BCUT2D eigenvalue weighted by atomic mass is 9.93. The number of aliphatic hydroxyl groups is 1. The van der Waals surface area contributed by atoms with E-state index in [-0.39, 0.29) is 30.2 Å². The molecule has 20 heavy (non-hydrogen) atoms. The van der Waals surface area contributed by atoms with E-state index in [1.165, 1.54) is 19.2 Å². The van der Waals surface area contributed by atoms with Crippen molar-refractivity contribution >= 4 is 5.91 Å². The van der Waals surface area contributed by atoms with Gasteiger partial charge in [0.25, 0.3) is 5.91 Å². The minimum Gasteiger partial charge on any atom is -0.494 e. The van der Waals surface area contributed by atoms with Crippen molar-refractivity contribution < 1.29 is 19.0 Å². The van der Waals surface area contributed by atoms with Crippen LogP contribution in [0.4, 0.5) is 4.39 Å². The Morgan fingerprint density at radius 1 is 1.50 bits per heavy atom. The first-order chi connectivity index (χ1) is 9.56. The van der Waals surface area contributed by atoms with Crippen molar-refractivity contribution in [1.29, 1.82) is 0 Å². The first kappa shape index (κ1) is 14.8. The fourth-order valence-electron chi connectivity index (χ4n) is 2.58. The molecule has 1 saturated heterocycles. The molecule has 1 heterocycles. The van der Waals surface area contributed by atoms with Crippen molar-refractivity contribution in [1.82, 2.24) is 4.90 Å². The zero-order valence-electron chi connectivity index (χ0n) is 11.8. The van der Waals surface area contributed by atoms with E-state index >= 15 is 0 Å². The second-order valence-corrected chi connectivity index (χ2v) is 5.28. The smallest absolute Gasteiger partial charge is 0.254 e. The van der Waals surface area contributed by atoms with Gasteiger partial charge in [-0.25, -0.2) is 4.39 Å². The van der Waals surface area contributed by atoms with Crippen LogP contribution in [0.1, 0.15) is 30.1 Å². The van der Waals surface area contributed by atoms with Gasteiger partial charge in [-0.15, -0.1) is 0 Å². The molecule has 2 unspecified atom stereocenters. The van der Waals surface area contributed by atoms with Gasteiger partial charge in [-0.2, -0.15) is 0 Å². The third-order valence-electron chi connectivity index (χ3n) is 3.90. The quantitative estimate of drug-likeness (QED) is 0.922. The van der Waals surface area contributed by atoms with Gasteiger partial charge in [0, 0.05) is 24.8 Å². The largest absolute Gasteiger partial charge is 0.494 e. The lowest BCUT2D eigenvalue weighted by Gasteiger charge is -2.37. The maximum Gasteiger partial charge on any atom is 0.254 e. The molecule has 1 aromatic rings. The topological polar surface area (TPSA) is 49.8 Å². The molecule has 0 saturated carbocycles. The number of methoxy groups -OCH3 is 1. The Morgan fingerprint density at radius 3 is 2.85 bits per heavy atom. The number of carbonyl (C=O) groups excluding carboxylic acids is 1. The summed E-state index contributed by atoms with van der Waals surface area (Å²) < 4.78 is 18.5. The van der Waals surface area contributed by atoms with Crippen LogP contribution in [0.2, 0.25) is 0 Å². The average molecular weight is 281 g/mol. The first-order valence-corrected chi connectivity index (χ1v) is 6.82. The summed E-state index contributed by atoms with van der Waals surface area (Å²) in [5, 5.41) is 9.25. The molecule has 1 fully saturated rings. The second kappa shape index (κ2) is 6.22. The van der Waals surface area contributed by atoms with Gasteiger partial charge in [0.2, 0.25) is 0 Å². The zero-order chi connectivity index (χ0) is 14.7. The summed E-state index contributed by atoms with van der Waals surface area (Å²) in [6, 6.07) is 4.34. The Bertz CT molecular complexity index is 492. The fourth-order valence-corrected chi connectivity index (χ4v) is 2.58. The minimum absolute atomic E-state index is 0.0769.